The van der Waals surface area contributed by atoms with Gasteiger partial charge in [0.05, 0.1) is 0 Å². The molecule has 0 bridgehead atoms. The second-order valence-corrected chi connectivity index (χ2v) is 5.20. The lowest BCUT2D eigenvalue weighted by atomic mass is 9.97. The maximum absolute atomic E-state index is 4.35. The molecule has 1 unspecified atom stereocenters. The molecule has 1 fully saturated rings. The second kappa shape index (κ2) is 6.77. The predicted octanol–water partition coefficient (Wildman–Crippen LogP) is 2.34. The van der Waals surface area contributed by atoms with Crippen molar-refractivity contribution in [1.82, 2.24) is 10.2 Å². The number of aliphatic imine (C=N–C) groups is 1. The Balaban J connectivity index is 2.38. The van der Waals surface area contributed by atoms with Crippen LogP contribution in [-0.2, 0) is 0 Å². The van der Waals surface area contributed by atoms with Gasteiger partial charge in [0.2, 0.25) is 0 Å². The van der Waals surface area contributed by atoms with E-state index in [1.807, 2.05) is 7.05 Å². The van der Waals surface area contributed by atoms with Gasteiger partial charge in [-0.2, -0.15) is 0 Å². The third-order valence-corrected chi connectivity index (χ3v) is 3.14. The largest absolute Gasteiger partial charge is 0.356 e. The monoisotopic (exact) mass is 225 g/mol. The first kappa shape index (κ1) is 13.3. The molecule has 3 nitrogen and oxygen atoms in total. The summed E-state index contributed by atoms with van der Waals surface area (Å²) in [5.41, 5.74) is 0. The van der Waals surface area contributed by atoms with E-state index in [2.05, 4.69) is 36.0 Å². The molecule has 1 aliphatic heterocycles. The Bertz CT molecular complexity index is 223. The molecule has 94 valence electrons. The van der Waals surface area contributed by atoms with E-state index in [0.717, 1.165) is 30.8 Å². The zero-order valence-corrected chi connectivity index (χ0v) is 11.3. The maximum atomic E-state index is 4.35. The number of rotatable bonds is 4. The molecule has 1 atom stereocenters. The fraction of sp³-hybridized carbons (Fsp3) is 0.923. The molecular weight excluding hydrogens is 198 g/mol. The summed E-state index contributed by atoms with van der Waals surface area (Å²) in [4.78, 5) is 6.76. The summed E-state index contributed by atoms with van der Waals surface area (Å²) in [7, 11) is 1.88. The fourth-order valence-electron chi connectivity index (χ4n) is 2.45. The van der Waals surface area contributed by atoms with Crippen molar-refractivity contribution in [3.63, 3.8) is 0 Å². The molecule has 1 N–H and O–H groups in total. The fourth-order valence-corrected chi connectivity index (χ4v) is 2.45. The van der Waals surface area contributed by atoms with Gasteiger partial charge >= 0.3 is 0 Å². The Hall–Kier alpha value is -0.730. The van der Waals surface area contributed by atoms with Crippen LogP contribution >= 0.6 is 0 Å². The Kier molecular flexibility index (Phi) is 5.64. The summed E-state index contributed by atoms with van der Waals surface area (Å²) in [5.74, 6) is 2.77. The van der Waals surface area contributed by atoms with E-state index in [4.69, 9.17) is 0 Å². The Morgan fingerprint density at radius 2 is 2.25 bits per heavy atom. The Labute approximate surface area is 100 Å². The lowest BCUT2D eigenvalue weighted by Crippen LogP contribution is -2.40. The molecule has 1 heterocycles. The molecule has 1 aliphatic rings. The lowest BCUT2D eigenvalue weighted by molar-refractivity contribution is 0.403. The van der Waals surface area contributed by atoms with E-state index in [-0.39, 0.29) is 0 Å². The number of likely N-dealkylation sites (tertiary alicyclic amines) is 1. The van der Waals surface area contributed by atoms with E-state index in [0.29, 0.717) is 0 Å². The SMILES string of the molecule is CCCNC(=NC)N1CCC(CC(C)C)C1. The van der Waals surface area contributed by atoms with Crippen molar-refractivity contribution in [1.29, 1.82) is 0 Å². The highest BCUT2D eigenvalue weighted by molar-refractivity contribution is 5.80. The molecule has 0 aromatic rings. The number of guanidine groups is 1. The highest BCUT2D eigenvalue weighted by atomic mass is 15.3. The van der Waals surface area contributed by atoms with Crippen LogP contribution < -0.4 is 5.32 Å². The highest BCUT2D eigenvalue weighted by Crippen LogP contribution is 2.23. The highest BCUT2D eigenvalue weighted by Gasteiger charge is 2.24. The number of nitrogens with zero attached hydrogens (tertiary/aromatic N) is 2. The number of hydrogen-bond acceptors (Lipinski definition) is 1. The molecule has 0 aromatic heterocycles. The smallest absolute Gasteiger partial charge is 0.193 e. The predicted molar refractivity (Wildman–Crippen MR) is 70.8 cm³/mol. The van der Waals surface area contributed by atoms with Gasteiger partial charge in [-0.25, -0.2) is 0 Å². The number of nitrogens with one attached hydrogen (secondary N) is 1. The zero-order valence-electron chi connectivity index (χ0n) is 11.3. The second-order valence-electron chi connectivity index (χ2n) is 5.20. The van der Waals surface area contributed by atoms with Crippen LogP contribution in [0.4, 0.5) is 0 Å². The third kappa shape index (κ3) is 4.03. The van der Waals surface area contributed by atoms with Gasteiger partial charge < -0.3 is 10.2 Å². The van der Waals surface area contributed by atoms with Crippen molar-refractivity contribution in [3.8, 4) is 0 Å². The molecule has 0 saturated carbocycles. The lowest BCUT2D eigenvalue weighted by Gasteiger charge is -2.21. The van der Waals surface area contributed by atoms with Gasteiger partial charge in [-0.05, 0) is 31.1 Å². The molecule has 0 aliphatic carbocycles. The zero-order chi connectivity index (χ0) is 12.0. The van der Waals surface area contributed by atoms with Crippen LogP contribution in [-0.4, -0.2) is 37.5 Å². The van der Waals surface area contributed by atoms with Gasteiger partial charge in [0, 0.05) is 26.7 Å². The molecular formula is C13H27N3. The molecule has 0 spiro atoms. The average molecular weight is 225 g/mol. The van der Waals surface area contributed by atoms with Crippen LogP contribution in [0.1, 0.15) is 40.0 Å². The summed E-state index contributed by atoms with van der Waals surface area (Å²) in [6.07, 6.45) is 3.83. The molecule has 16 heavy (non-hydrogen) atoms. The molecule has 1 saturated heterocycles. The van der Waals surface area contributed by atoms with Crippen molar-refractivity contribution >= 4 is 5.96 Å². The number of hydrogen-bond donors (Lipinski definition) is 1. The molecule has 0 aromatic carbocycles. The first-order valence-corrected chi connectivity index (χ1v) is 6.63. The van der Waals surface area contributed by atoms with E-state index in [1.54, 1.807) is 0 Å². The summed E-state index contributed by atoms with van der Waals surface area (Å²) >= 11 is 0. The van der Waals surface area contributed by atoms with Crippen molar-refractivity contribution in [2.75, 3.05) is 26.7 Å². The van der Waals surface area contributed by atoms with Gasteiger partial charge in [-0.1, -0.05) is 20.8 Å². The molecule has 3 heteroatoms. The Morgan fingerprint density at radius 3 is 2.81 bits per heavy atom. The van der Waals surface area contributed by atoms with Crippen LogP contribution in [0.15, 0.2) is 4.99 Å². The summed E-state index contributed by atoms with van der Waals surface area (Å²) in [5, 5.41) is 3.41. The van der Waals surface area contributed by atoms with E-state index in [9.17, 15) is 0 Å². The van der Waals surface area contributed by atoms with E-state index in [1.165, 1.54) is 25.9 Å². The average Bonchev–Trinajstić information content (AvgIpc) is 2.67. The Morgan fingerprint density at radius 1 is 1.50 bits per heavy atom. The topological polar surface area (TPSA) is 27.6 Å². The normalized spacial score (nSPS) is 21.9. The minimum Gasteiger partial charge on any atom is -0.356 e. The van der Waals surface area contributed by atoms with Gasteiger partial charge in [0.15, 0.2) is 5.96 Å². The van der Waals surface area contributed by atoms with Crippen LogP contribution in [0, 0.1) is 11.8 Å². The summed E-state index contributed by atoms with van der Waals surface area (Å²) < 4.78 is 0. The molecule has 1 rings (SSSR count). The summed E-state index contributed by atoms with van der Waals surface area (Å²) in [6, 6.07) is 0. The minimum absolute atomic E-state index is 0.815. The summed E-state index contributed by atoms with van der Waals surface area (Å²) in [6.45, 7) is 10.2. The van der Waals surface area contributed by atoms with E-state index < -0.39 is 0 Å². The minimum atomic E-state index is 0.815. The van der Waals surface area contributed by atoms with Gasteiger partial charge in [-0.3, -0.25) is 4.99 Å². The van der Waals surface area contributed by atoms with Crippen LogP contribution in [0.25, 0.3) is 0 Å². The van der Waals surface area contributed by atoms with Gasteiger partial charge in [-0.15, -0.1) is 0 Å². The van der Waals surface area contributed by atoms with Crippen LogP contribution in [0.5, 0.6) is 0 Å². The third-order valence-electron chi connectivity index (χ3n) is 3.14. The van der Waals surface area contributed by atoms with Crippen molar-refractivity contribution < 1.29 is 0 Å². The van der Waals surface area contributed by atoms with E-state index >= 15 is 0 Å². The molecule has 0 radical (unpaired) electrons. The molecule has 0 amide bonds. The van der Waals surface area contributed by atoms with Crippen molar-refractivity contribution in [3.05, 3.63) is 0 Å². The van der Waals surface area contributed by atoms with Crippen molar-refractivity contribution in [2.45, 2.75) is 40.0 Å². The standard InChI is InChI=1S/C13H27N3/c1-5-7-15-13(14-4)16-8-6-12(10-16)9-11(2)3/h11-12H,5-10H2,1-4H3,(H,14,15). The van der Waals surface area contributed by atoms with Crippen LogP contribution in [0.2, 0.25) is 0 Å². The first-order valence-electron chi connectivity index (χ1n) is 6.63. The van der Waals surface area contributed by atoms with Gasteiger partial charge in [0.25, 0.3) is 0 Å². The quantitative estimate of drug-likeness (QED) is 0.587. The van der Waals surface area contributed by atoms with Gasteiger partial charge in [0.1, 0.15) is 0 Å². The van der Waals surface area contributed by atoms with Crippen LogP contribution in [0.3, 0.4) is 0 Å². The maximum Gasteiger partial charge on any atom is 0.193 e. The first-order chi connectivity index (χ1) is 7.67. The van der Waals surface area contributed by atoms with Crippen molar-refractivity contribution in [2.24, 2.45) is 16.8 Å².